The number of carbonyl (C=O) groups is 3. The highest BCUT2D eigenvalue weighted by atomic mass is 16.5. The molecule has 2 saturated carbocycles. The summed E-state index contributed by atoms with van der Waals surface area (Å²) in [4.78, 5) is 37.4. The molecule has 3 rings (SSSR count). The highest BCUT2D eigenvalue weighted by Gasteiger charge is 2.64. The number of carboxylic acid groups (broad SMARTS) is 1. The molecule has 0 spiro atoms. The van der Waals surface area contributed by atoms with Gasteiger partial charge >= 0.3 is 11.9 Å². The molecule has 2 aliphatic rings. The van der Waals surface area contributed by atoms with E-state index in [9.17, 15) is 29.7 Å². The summed E-state index contributed by atoms with van der Waals surface area (Å²) in [6, 6.07) is 1.62. The fourth-order valence-electron chi connectivity index (χ4n) is 6.11. The van der Waals surface area contributed by atoms with Gasteiger partial charge in [0.1, 0.15) is 6.10 Å². The number of aliphatic hydroxyl groups excluding tert-OH is 2. The fraction of sp³-hybridized carbons (Fsp3) is 0.682. The summed E-state index contributed by atoms with van der Waals surface area (Å²) in [7, 11) is 1.28. The second-order valence-electron chi connectivity index (χ2n) is 9.28. The van der Waals surface area contributed by atoms with Crippen molar-refractivity contribution in [3.05, 3.63) is 24.2 Å². The van der Waals surface area contributed by atoms with E-state index in [1.54, 1.807) is 13.0 Å². The van der Waals surface area contributed by atoms with E-state index in [0.29, 0.717) is 18.4 Å². The quantitative estimate of drug-likeness (QED) is 0.595. The highest BCUT2D eigenvalue weighted by molar-refractivity contribution is 5.90. The van der Waals surface area contributed by atoms with Crippen LogP contribution in [-0.2, 0) is 19.1 Å². The number of aliphatic hydroxyl groups is 2. The van der Waals surface area contributed by atoms with Crippen LogP contribution in [0.5, 0.6) is 0 Å². The molecule has 2 fully saturated rings. The molecule has 0 saturated heterocycles. The fourth-order valence-corrected chi connectivity index (χ4v) is 6.11. The monoisotopic (exact) mass is 422 g/mol. The van der Waals surface area contributed by atoms with Crippen LogP contribution >= 0.6 is 0 Å². The van der Waals surface area contributed by atoms with Crippen molar-refractivity contribution in [3.8, 4) is 0 Å². The number of methoxy groups -OCH3 is 1. The molecular formula is C22H30O8. The second-order valence-corrected chi connectivity index (χ2v) is 9.28. The van der Waals surface area contributed by atoms with Crippen LogP contribution in [0.2, 0.25) is 0 Å². The Kier molecular flexibility index (Phi) is 6.11. The van der Waals surface area contributed by atoms with Crippen LogP contribution in [0.3, 0.4) is 0 Å². The van der Waals surface area contributed by atoms with Gasteiger partial charge in [-0.2, -0.15) is 0 Å². The maximum Gasteiger partial charge on any atom is 0.309 e. The zero-order valence-electron chi connectivity index (χ0n) is 17.5. The number of rotatable bonds is 6. The summed E-state index contributed by atoms with van der Waals surface area (Å²) in [5.74, 6) is -3.74. The molecule has 0 aliphatic heterocycles. The molecule has 30 heavy (non-hydrogen) atoms. The highest BCUT2D eigenvalue weighted by Crippen LogP contribution is 2.63. The third-order valence-electron chi connectivity index (χ3n) is 7.62. The van der Waals surface area contributed by atoms with E-state index in [2.05, 4.69) is 0 Å². The number of furan rings is 1. The standard InChI is InChI=1S/C22H30O8/c1-21-6-4-13(8-17(25)26)22(2,10-16(24)12-5-7-30-11-12)19(21)18(27)15(23)9-14(21)20(28)29-3/h5,7,11,13-16,19,23-24H,4,6,8-10H2,1-3H3,(H,25,26)/t13-,14+,15+,16+,19+,21+,22-/m1/s1. The van der Waals surface area contributed by atoms with Crippen LogP contribution in [0.15, 0.2) is 23.0 Å². The average molecular weight is 422 g/mol. The number of Topliss-reactive ketones (excluding diaryl/α,β-unsaturated/α-hetero) is 1. The first-order valence-corrected chi connectivity index (χ1v) is 10.3. The number of carboxylic acids is 1. The van der Waals surface area contributed by atoms with Crippen molar-refractivity contribution in [1.29, 1.82) is 0 Å². The lowest BCUT2D eigenvalue weighted by Crippen LogP contribution is -2.62. The lowest BCUT2D eigenvalue weighted by atomic mass is 9.43. The number of esters is 1. The van der Waals surface area contributed by atoms with Gasteiger partial charge in [0.2, 0.25) is 0 Å². The van der Waals surface area contributed by atoms with Gasteiger partial charge < -0.3 is 24.5 Å². The van der Waals surface area contributed by atoms with Gasteiger partial charge in [-0.05, 0) is 48.5 Å². The largest absolute Gasteiger partial charge is 0.481 e. The molecule has 1 heterocycles. The molecule has 0 radical (unpaired) electrons. The number of hydrogen-bond acceptors (Lipinski definition) is 7. The summed E-state index contributed by atoms with van der Waals surface area (Å²) >= 11 is 0. The maximum absolute atomic E-state index is 13.3. The lowest BCUT2D eigenvalue weighted by Gasteiger charge is -2.60. The molecule has 166 valence electrons. The predicted molar refractivity (Wildman–Crippen MR) is 104 cm³/mol. The topological polar surface area (TPSA) is 134 Å². The van der Waals surface area contributed by atoms with Crippen LogP contribution in [-0.4, -0.2) is 46.3 Å². The molecule has 8 heteroatoms. The minimum atomic E-state index is -1.33. The van der Waals surface area contributed by atoms with Crippen LogP contribution in [0.1, 0.15) is 57.6 Å². The summed E-state index contributed by atoms with van der Waals surface area (Å²) in [5, 5.41) is 30.9. The third kappa shape index (κ3) is 3.67. The van der Waals surface area contributed by atoms with Crippen LogP contribution in [0.4, 0.5) is 0 Å². The molecule has 7 atom stereocenters. The first-order chi connectivity index (χ1) is 14.0. The Morgan fingerprint density at radius 3 is 2.63 bits per heavy atom. The first-order valence-electron chi connectivity index (χ1n) is 10.3. The van der Waals surface area contributed by atoms with E-state index in [-0.39, 0.29) is 19.3 Å². The minimum absolute atomic E-state index is 0.0114. The molecule has 1 aromatic rings. The first kappa shape index (κ1) is 22.5. The molecule has 2 aliphatic carbocycles. The van der Waals surface area contributed by atoms with Gasteiger partial charge in [0.05, 0.1) is 31.7 Å². The van der Waals surface area contributed by atoms with Gasteiger partial charge in [-0.15, -0.1) is 0 Å². The van der Waals surface area contributed by atoms with E-state index < -0.39 is 58.5 Å². The Hall–Kier alpha value is -2.19. The smallest absolute Gasteiger partial charge is 0.309 e. The molecular weight excluding hydrogens is 392 g/mol. The Morgan fingerprint density at radius 2 is 2.07 bits per heavy atom. The van der Waals surface area contributed by atoms with Gasteiger partial charge in [0.15, 0.2) is 5.78 Å². The molecule has 3 N–H and O–H groups in total. The number of ketones is 1. The van der Waals surface area contributed by atoms with Crippen molar-refractivity contribution < 1.29 is 38.9 Å². The van der Waals surface area contributed by atoms with Crippen molar-refractivity contribution in [1.82, 2.24) is 0 Å². The average Bonchev–Trinajstić information content (AvgIpc) is 3.21. The summed E-state index contributed by atoms with van der Waals surface area (Å²) in [5.41, 5.74) is -1.22. The van der Waals surface area contributed by atoms with E-state index >= 15 is 0 Å². The molecule has 8 nitrogen and oxygen atoms in total. The molecule has 0 amide bonds. The van der Waals surface area contributed by atoms with Crippen molar-refractivity contribution in [3.63, 3.8) is 0 Å². The van der Waals surface area contributed by atoms with Crippen LogP contribution in [0, 0.1) is 28.6 Å². The molecule has 0 aromatic carbocycles. The van der Waals surface area contributed by atoms with Crippen LogP contribution < -0.4 is 0 Å². The summed E-state index contributed by atoms with van der Waals surface area (Å²) in [6.45, 7) is 3.65. The molecule has 1 aromatic heterocycles. The molecule has 0 unspecified atom stereocenters. The summed E-state index contributed by atoms with van der Waals surface area (Å²) in [6.07, 6.45) is 1.43. The predicted octanol–water partition coefficient (Wildman–Crippen LogP) is 2.34. The van der Waals surface area contributed by atoms with Gasteiger partial charge in [-0.25, -0.2) is 0 Å². The maximum atomic E-state index is 13.3. The van der Waals surface area contributed by atoms with Crippen molar-refractivity contribution in [2.24, 2.45) is 28.6 Å². The second kappa shape index (κ2) is 8.15. The number of hydrogen-bond donors (Lipinski definition) is 3. The minimum Gasteiger partial charge on any atom is -0.481 e. The Morgan fingerprint density at radius 1 is 1.37 bits per heavy atom. The number of fused-ring (bicyclic) bond motifs is 1. The Bertz CT molecular complexity index is 802. The number of aliphatic carboxylic acids is 1. The SMILES string of the molecule is COC(=O)[C@@H]1C[C@H](O)C(=O)[C@@H]2[C@](C)(C[C@H](O)c3ccoc3)[C@@H](CC(=O)O)CC[C@]21C. The Balaban J connectivity index is 2.08. The van der Waals surface area contributed by atoms with Gasteiger partial charge in [-0.1, -0.05) is 13.8 Å². The van der Waals surface area contributed by atoms with Crippen molar-refractivity contribution in [2.75, 3.05) is 7.11 Å². The van der Waals surface area contributed by atoms with E-state index in [1.807, 2.05) is 6.92 Å². The van der Waals surface area contributed by atoms with Crippen LogP contribution in [0.25, 0.3) is 0 Å². The number of ether oxygens (including phenoxy) is 1. The van der Waals surface area contributed by atoms with Gasteiger partial charge in [0.25, 0.3) is 0 Å². The number of carbonyl (C=O) groups excluding carboxylic acids is 2. The van der Waals surface area contributed by atoms with Gasteiger partial charge in [0, 0.05) is 17.9 Å². The lowest BCUT2D eigenvalue weighted by molar-refractivity contribution is -0.187. The summed E-state index contributed by atoms with van der Waals surface area (Å²) < 4.78 is 10.0. The van der Waals surface area contributed by atoms with Crippen molar-refractivity contribution in [2.45, 2.75) is 58.2 Å². The van der Waals surface area contributed by atoms with E-state index in [1.165, 1.54) is 19.6 Å². The third-order valence-corrected chi connectivity index (χ3v) is 7.62. The zero-order chi connectivity index (χ0) is 22.3. The molecule has 0 bridgehead atoms. The van der Waals surface area contributed by atoms with Gasteiger partial charge in [-0.3, -0.25) is 14.4 Å². The Labute approximate surface area is 175 Å². The zero-order valence-corrected chi connectivity index (χ0v) is 17.5. The normalized spacial score (nSPS) is 37.3. The van der Waals surface area contributed by atoms with E-state index in [0.717, 1.165) is 0 Å². The van der Waals surface area contributed by atoms with E-state index in [4.69, 9.17) is 9.15 Å². The van der Waals surface area contributed by atoms with Crippen molar-refractivity contribution >= 4 is 17.7 Å².